The maximum atomic E-state index is 13.1. The van der Waals surface area contributed by atoms with Crippen LogP contribution in [0.2, 0.25) is 0 Å². The Morgan fingerprint density at radius 1 is 1.43 bits per heavy atom. The third-order valence-corrected chi connectivity index (χ3v) is 3.46. The minimum atomic E-state index is -0.264. The second-order valence-corrected chi connectivity index (χ2v) is 5.43. The SMILES string of the molecule is CCc1nncn1CCNC(=O)NC(C)Cc1cccc(F)c1. The van der Waals surface area contributed by atoms with Crippen molar-refractivity contribution < 1.29 is 9.18 Å². The molecule has 0 aliphatic rings. The van der Waals surface area contributed by atoms with Gasteiger partial charge < -0.3 is 15.2 Å². The number of urea groups is 1. The molecule has 1 heterocycles. The summed E-state index contributed by atoms with van der Waals surface area (Å²) in [4.78, 5) is 11.9. The molecule has 0 saturated heterocycles. The van der Waals surface area contributed by atoms with Gasteiger partial charge in [0, 0.05) is 25.6 Å². The maximum absolute atomic E-state index is 13.1. The lowest BCUT2D eigenvalue weighted by Crippen LogP contribution is -2.42. The van der Waals surface area contributed by atoms with Crippen LogP contribution in [0.15, 0.2) is 30.6 Å². The number of aromatic nitrogens is 3. The fourth-order valence-corrected chi connectivity index (χ4v) is 2.37. The molecular formula is C16H22FN5O. The number of hydrogen-bond acceptors (Lipinski definition) is 3. The van der Waals surface area contributed by atoms with Gasteiger partial charge in [0.2, 0.25) is 0 Å². The third-order valence-electron chi connectivity index (χ3n) is 3.46. The summed E-state index contributed by atoms with van der Waals surface area (Å²) in [5, 5.41) is 13.5. The van der Waals surface area contributed by atoms with Crippen molar-refractivity contribution in [3.8, 4) is 0 Å². The number of halogens is 1. The van der Waals surface area contributed by atoms with Gasteiger partial charge >= 0.3 is 6.03 Å². The van der Waals surface area contributed by atoms with Crippen LogP contribution < -0.4 is 10.6 Å². The van der Waals surface area contributed by atoms with Crippen LogP contribution >= 0.6 is 0 Å². The first kappa shape index (κ1) is 16.9. The molecule has 1 aromatic heterocycles. The molecule has 0 bridgehead atoms. The monoisotopic (exact) mass is 319 g/mol. The van der Waals surface area contributed by atoms with Crippen LogP contribution in [0.4, 0.5) is 9.18 Å². The molecule has 6 nitrogen and oxygen atoms in total. The number of amides is 2. The summed E-state index contributed by atoms with van der Waals surface area (Å²) in [5.41, 5.74) is 0.856. The van der Waals surface area contributed by atoms with Gasteiger partial charge in [-0.3, -0.25) is 0 Å². The van der Waals surface area contributed by atoms with Crippen LogP contribution in [-0.2, 0) is 19.4 Å². The average Bonchev–Trinajstić information content (AvgIpc) is 2.94. The summed E-state index contributed by atoms with van der Waals surface area (Å²) in [6, 6.07) is 6.08. The Bertz CT molecular complexity index is 643. The summed E-state index contributed by atoms with van der Waals surface area (Å²) in [5.74, 6) is 0.631. The van der Waals surface area contributed by atoms with Gasteiger partial charge in [0.15, 0.2) is 0 Å². The fourth-order valence-electron chi connectivity index (χ4n) is 2.37. The van der Waals surface area contributed by atoms with Gasteiger partial charge in [0.1, 0.15) is 18.0 Å². The first-order valence-corrected chi connectivity index (χ1v) is 7.74. The molecule has 2 amide bonds. The Kier molecular flexibility index (Phi) is 6.08. The zero-order chi connectivity index (χ0) is 16.7. The number of nitrogens with zero attached hydrogens (tertiary/aromatic N) is 3. The molecule has 2 aromatic rings. The molecule has 0 saturated carbocycles. The van der Waals surface area contributed by atoms with E-state index in [2.05, 4.69) is 20.8 Å². The average molecular weight is 319 g/mol. The number of benzene rings is 1. The molecule has 124 valence electrons. The van der Waals surface area contributed by atoms with Gasteiger partial charge in [0.05, 0.1) is 0 Å². The Labute approximate surface area is 135 Å². The predicted molar refractivity (Wildman–Crippen MR) is 85.5 cm³/mol. The predicted octanol–water partition coefficient (Wildman–Crippen LogP) is 1.91. The van der Waals surface area contributed by atoms with Gasteiger partial charge in [-0.05, 0) is 31.0 Å². The molecule has 0 radical (unpaired) electrons. The molecule has 0 aliphatic carbocycles. The van der Waals surface area contributed by atoms with Crippen molar-refractivity contribution in [2.75, 3.05) is 6.54 Å². The molecular weight excluding hydrogens is 297 g/mol. The molecule has 2 N–H and O–H groups in total. The molecule has 23 heavy (non-hydrogen) atoms. The smallest absolute Gasteiger partial charge is 0.315 e. The van der Waals surface area contributed by atoms with Gasteiger partial charge in [-0.1, -0.05) is 19.1 Å². The van der Waals surface area contributed by atoms with E-state index in [-0.39, 0.29) is 17.9 Å². The van der Waals surface area contributed by atoms with Gasteiger partial charge in [-0.25, -0.2) is 9.18 Å². The summed E-state index contributed by atoms with van der Waals surface area (Å²) < 4.78 is 15.0. The molecule has 1 unspecified atom stereocenters. The van der Waals surface area contributed by atoms with Gasteiger partial charge in [0.25, 0.3) is 0 Å². The van der Waals surface area contributed by atoms with Crippen molar-refractivity contribution in [2.45, 2.75) is 39.3 Å². The van der Waals surface area contributed by atoms with E-state index in [1.165, 1.54) is 12.1 Å². The van der Waals surface area contributed by atoms with Crippen molar-refractivity contribution in [3.63, 3.8) is 0 Å². The Balaban J connectivity index is 1.72. The largest absolute Gasteiger partial charge is 0.336 e. The van der Waals surface area contributed by atoms with Crippen LogP contribution in [0.5, 0.6) is 0 Å². The van der Waals surface area contributed by atoms with E-state index < -0.39 is 0 Å². The highest BCUT2D eigenvalue weighted by Gasteiger charge is 2.08. The molecule has 0 fully saturated rings. The summed E-state index contributed by atoms with van der Waals surface area (Å²) in [6.45, 7) is 5.01. The highest BCUT2D eigenvalue weighted by molar-refractivity contribution is 5.74. The second-order valence-electron chi connectivity index (χ2n) is 5.43. The summed E-state index contributed by atoms with van der Waals surface area (Å²) in [7, 11) is 0. The van der Waals surface area contributed by atoms with E-state index in [1.54, 1.807) is 12.4 Å². The zero-order valence-corrected chi connectivity index (χ0v) is 13.4. The third kappa shape index (κ3) is 5.36. The number of carbonyl (C=O) groups excluding carboxylic acids is 1. The first-order valence-electron chi connectivity index (χ1n) is 7.74. The summed E-state index contributed by atoms with van der Waals surface area (Å²) in [6.07, 6.45) is 3.04. The number of rotatable bonds is 7. The van der Waals surface area contributed by atoms with E-state index in [9.17, 15) is 9.18 Å². The standard InChI is InChI=1S/C16H22FN5O/c1-3-15-21-19-11-22(15)8-7-18-16(23)20-12(2)9-13-5-4-6-14(17)10-13/h4-6,10-12H,3,7-9H2,1-2H3,(H2,18,20,23). The molecule has 0 spiro atoms. The maximum Gasteiger partial charge on any atom is 0.315 e. The fraction of sp³-hybridized carbons (Fsp3) is 0.438. The van der Waals surface area contributed by atoms with Gasteiger partial charge in [-0.2, -0.15) is 0 Å². The molecule has 1 aromatic carbocycles. The van der Waals surface area contributed by atoms with E-state index in [0.717, 1.165) is 17.8 Å². The minimum absolute atomic E-state index is 0.0853. The highest BCUT2D eigenvalue weighted by Crippen LogP contribution is 2.06. The van der Waals surface area contributed by atoms with Crippen LogP contribution in [0, 0.1) is 5.82 Å². The quantitative estimate of drug-likeness (QED) is 0.819. The van der Waals surface area contributed by atoms with Crippen LogP contribution in [-0.4, -0.2) is 33.4 Å². The molecule has 7 heteroatoms. The lowest BCUT2D eigenvalue weighted by atomic mass is 10.1. The lowest BCUT2D eigenvalue weighted by molar-refractivity contribution is 0.237. The van der Waals surface area contributed by atoms with Crippen molar-refractivity contribution in [1.29, 1.82) is 0 Å². The van der Waals surface area contributed by atoms with Crippen LogP contribution in [0.1, 0.15) is 25.2 Å². The van der Waals surface area contributed by atoms with E-state index in [4.69, 9.17) is 0 Å². The van der Waals surface area contributed by atoms with Gasteiger partial charge in [-0.15, -0.1) is 10.2 Å². The number of nitrogens with one attached hydrogen (secondary N) is 2. The van der Waals surface area contributed by atoms with E-state index >= 15 is 0 Å². The first-order chi connectivity index (χ1) is 11.1. The van der Waals surface area contributed by atoms with Crippen molar-refractivity contribution >= 4 is 6.03 Å². The summed E-state index contributed by atoms with van der Waals surface area (Å²) >= 11 is 0. The highest BCUT2D eigenvalue weighted by atomic mass is 19.1. The number of carbonyl (C=O) groups is 1. The van der Waals surface area contributed by atoms with E-state index in [1.807, 2.05) is 24.5 Å². The Hall–Kier alpha value is -2.44. The number of hydrogen-bond donors (Lipinski definition) is 2. The minimum Gasteiger partial charge on any atom is -0.336 e. The Morgan fingerprint density at radius 3 is 3.00 bits per heavy atom. The second kappa shape index (κ2) is 8.26. The van der Waals surface area contributed by atoms with Crippen LogP contribution in [0.25, 0.3) is 0 Å². The topological polar surface area (TPSA) is 71.8 Å². The molecule has 0 aliphatic heterocycles. The lowest BCUT2D eigenvalue weighted by Gasteiger charge is -2.15. The van der Waals surface area contributed by atoms with Crippen molar-refractivity contribution in [3.05, 3.63) is 47.8 Å². The molecule has 2 rings (SSSR count). The van der Waals surface area contributed by atoms with E-state index in [0.29, 0.717) is 19.5 Å². The van der Waals surface area contributed by atoms with Crippen LogP contribution in [0.3, 0.4) is 0 Å². The Morgan fingerprint density at radius 2 is 2.26 bits per heavy atom. The normalized spacial score (nSPS) is 12.0. The molecule has 1 atom stereocenters. The zero-order valence-electron chi connectivity index (χ0n) is 13.4. The number of aryl methyl sites for hydroxylation is 1. The van der Waals surface area contributed by atoms with Crippen molar-refractivity contribution in [2.24, 2.45) is 0 Å². The van der Waals surface area contributed by atoms with Crippen molar-refractivity contribution in [1.82, 2.24) is 25.4 Å².